The molecule has 0 aliphatic rings. The van der Waals surface area contributed by atoms with E-state index in [1.165, 1.54) is 6.26 Å². The molecule has 0 aliphatic carbocycles. The van der Waals surface area contributed by atoms with Crippen LogP contribution in [0.1, 0.15) is 25.8 Å². The van der Waals surface area contributed by atoms with Crippen molar-refractivity contribution in [2.24, 2.45) is 10.4 Å². The Bertz CT molecular complexity index is 678. The molecule has 25 heavy (non-hydrogen) atoms. The summed E-state index contributed by atoms with van der Waals surface area (Å²) in [6.45, 7) is 5.43. The Hall–Kier alpha value is -0.540. The summed E-state index contributed by atoms with van der Waals surface area (Å²) in [7, 11) is 0.751. The Kier molecular flexibility index (Phi) is 10.3. The van der Waals surface area contributed by atoms with Crippen molar-refractivity contribution in [2.75, 3.05) is 32.6 Å². The average Bonchev–Trinajstić information content (AvgIpc) is 2.45. The largest absolute Gasteiger partial charge is 0.356 e. The zero-order valence-electron chi connectivity index (χ0n) is 15.5. The van der Waals surface area contributed by atoms with Gasteiger partial charge in [-0.3, -0.25) is 4.99 Å². The van der Waals surface area contributed by atoms with Crippen LogP contribution in [0.2, 0.25) is 5.02 Å². The van der Waals surface area contributed by atoms with Gasteiger partial charge in [0, 0.05) is 38.5 Å². The van der Waals surface area contributed by atoms with E-state index in [4.69, 9.17) is 11.6 Å². The van der Waals surface area contributed by atoms with Crippen LogP contribution in [0.4, 0.5) is 0 Å². The monoisotopic (exact) mass is 501 g/mol. The third kappa shape index (κ3) is 10.3. The number of nitrogens with one attached hydrogen (secondary N) is 1. The molecule has 0 spiro atoms. The molecule has 0 heterocycles. The number of aliphatic imine (C=N–C) groups is 1. The van der Waals surface area contributed by atoms with Crippen molar-refractivity contribution in [1.29, 1.82) is 0 Å². The van der Waals surface area contributed by atoms with E-state index in [0.717, 1.165) is 11.5 Å². The molecular weight excluding hydrogens is 473 g/mol. The van der Waals surface area contributed by atoms with Crippen molar-refractivity contribution in [3.05, 3.63) is 34.9 Å². The molecule has 0 aliphatic heterocycles. The highest BCUT2D eigenvalue weighted by Crippen LogP contribution is 2.20. The summed E-state index contributed by atoms with van der Waals surface area (Å²) in [5.41, 5.74) is 0.958. The van der Waals surface area contributed by atoms with Crippen LogP contribution < -0.4 is 5.32 Å². The van der Waals surface area contributed by atoms with E-state index < -0.39 is 9.84 Å². The molecule has 0 aromatic heterocycles. The van der Waals surface area contributed by atoms with Crippen LogP contribution in [-0.2, 0) is 16.4 Å². The van der Waals surface area contributed by atoms with Gasteiger partial charge in [0.15, 0.2) is 5.96 Å². The van der Waals surface area contributed by atoms with Gasteiger partial charge in [0.25, 0.3) is 0 Å². The number of nitrogens with zero attached hydrogens (tertiary/aromatic N) is 2. The predicted octanol–water partition coefficient (Wildman–Crippen LogP) is 3.43. The maximum Gasteiger partial charge on any atom is 0.193 e. The molecule has 5 nitrogen and oxygen atoms in total. The van der Waals surface area contributed by atoms with E-state index in [0.29, 0.717) is 24.5 Å². The fourth-order valence-electron chi connectivity index (χ4n) is 2.24. The van der Waals surface area contributed by atoms with E-state index in [1.807, 2.05) is 36.2 Å². The van der Waals surface area contributed by atoms with Gasteiger partial charge >= 0.3 is 0 Å². The van der Waals surface area contributed by atoms with Crippen molar-refractivity contribution in [2.45, 2.75) is 26.8 Å². The number of benzene rings is 1. The Morgan fingerprint density at radius 3 is 2.52 bits per heavy atom. The van der Waals surface area contributed by atoms with Gasteiger partial charge in [-0.15, -0.1) is 24.0 Å². The van der Waals surface area contributed by atoms with E-state index in [9.17, 15) is 8.42 Å². The highest BCUT2D eigenvalue weighted by Gasteiger charge is 2.21. The van der Waals surface area contributed by atoms with Crippen molar-refractivity contribution in [3.63, 3.8) is 0 Å². The third-order valence-corrected chi connectivity index (χ3v) is 4.94. The molecule has 0 unspecified atom stereocenters. The zero-order valence-corrected chi connectivity index (χ0v) is 19.4. The Morgan fingerprint density at radius 2 is 2.00 bits per heavy atom. The maximum atomic E-state index is 11.3. The summed E-state index contributed by atoms with van der Waals surface area (Å²) in [6.07, 6.45) is 1.88. The first-order valence-electron chi connectivity index (χ1n) is 7.86. The van der Waals surface area contributed by atoms with Gasteiger partial charge in [0.2, 0.25) is 0 Å². The quantitative estimate of drug-likeness (QED) is 0.353. The summed E-state index contributed by atoms with van der Waals surface area (Å²) in [6, 6.07) is 7.73. The summed E-state index contributed by atoms with van der Waals surface area (Å²) < 4.78 is 22.7. The van der Waals surface area contributed by atoms with Crippen molar-refractivity contribution in [1.82, 2.24) is 10.2 Å². The van der Waals surface area contributed by atoms with Gasteiger partial charge in [-0.2, -0.15) is 0 Å². The van der Waals surface area contributed by atoms with E-state index in [1.54, 1.807) is 7.05 Å². The predicted molar refractivity (Wildman–Crippen MR) is 118 cm³/mol. The number of rotatable bonds is 7. The van der Waals surface area contributed by atoms with Gasteiger partial charge in [0.05, 0.1) is 5.75 Å². The molecule has 1 N–H and O–H groups in total. The van der Waals surface area contributed by atoms with Crippen LogP contribution in [0.3, 0.4) is 0 Å². The van der Waals surface area contributed by atoms with Crippen LogP contribution in [0.15, 0.2) is 29.3 Å². The number of halogens is 2. The van der Waals surface area contributed by atoms with Crippen LogP contribution in [-0.4, -0.2) is 51.9 Å². The lowest BCUT2D eigenvalue weighted by atomic mass is 9.90. The van der Waals surface area contributed by atoms with Gasteiger partial charge in [0.1, 0.15) is 9.84 Å². The van der Waals surface area contributed by atoms with Gasteiger partial charge in [-0.05, 0) is 29.5 Å². The fourth-order valence-corrected chi connectivity index (χ4v) is 3.37. The molecule has 0 amide bonds. The minimum atomic E-state index is -2.94. The lowest BCUT2D eigenvalue weighted by Crippen LogP contribution is -2.43. The first-order valence-corrected chi connectivity index (χ1v) is 10.3. The van der Waals surface area contributed by atoms with Crippen molar-refractivity contribution < 1.29 is 8.42 Å². The van der Waals surface area contributed by atoms with Crippen LogP contribution in [0.25, 0.3) is 0 Å². The number of sulfone groups is 1. The summed E-state index contributed by atoms with van der Waals surface area (Å²) in [5.74, 6) is 0.959. The average molecular weight is 502 g/mol. The Balaban J connectivity index is 0.00000576. The lowest BCUT2D eigenvalue weighted by molar-refractivity contribution is 0.340. The SMILES string of the molecule is CN=C(NCC(C)(C)CCS(C)(=O)=O)N(C)Cc1cccc(Cl)c1.I. The van der Waals surface area contributed by atoms with Crippen molar-refractivity contribution in [3.8, 4) is 0 Å². The van der Waals surface area contributed by atoms with E-state index in [2.05, 4.69) is 24.2 Å². The summed E-state index contributed by atoms with van der Waals surface area (Å²) in [5, 5.41) is 4.04. The van der Waals surface area contributed by atoms with E-state index >= 15 is 0 Å². The molecule has 0 radical (unpaired) electrons. The summed E-state index contributed by atoms with van der Waals surface area (Å²) in [4.78, 5) is 6.31. The highest BCUT2D eigenvalue weighted by molar-refractivity contribution is 14.0. The zero-order chi connectivity index (χ0) is 18.4. The summed E-state index contributed by atoms with van der Waals surface area (Å²) >= 11 is 6.02. The molecule has 144 valence electrons. The second-order valence-corrected chi connectivity index (χ2v) is 9.63. The molecule has 1 rings (SSSR count). The molecule has 8 heteroatoms. The molecule has 0 saturated carbocycles. The van der Waals surface area contributed by atoms with Crippen LogP contribution >= 0.6 is 35.6 Å². The minimum Gasteiger partial charge on any atom is -0.356 e. The first kappa shape index (κ1) is 24.5. The van der Waals surface area contributed by atoms with E-state index in [-0.39, 0.29) is 35.1 Å². The number of hydrogen-bond acceptors (Lipinski definition) is 3. The van der Waals surface area contributed by atoms with Gasteiger partial charge in [-0.1, -0.05) is 37.6 Å². The smallest absolute Gasteiger partial charge is 0.193 e. The molecule has 0 atom stereocenters. The normalized spacial score (nSPS) is 12.5. The number of hydrogen-bond donors (Lipinski definition) is 1. The van der Waals surface area contributed by atoms with Crippen LogP contribution in [0, 0.1) is 5.41 Å². The van der Waals surface area contributed by atoms with Gasteiger partial charge < -0.3 is 10.2 Å². The molecular formula is C17H29ClIN3O2S. The molecule has 0 saturated heterocycles. The number of guanidine groups is 1. The maximum absolute atomic E-state index is 11.3. The topological polar surface area (TPSA) is 61.8 Å². The fraction of sp³-hybridized carbons (Fsp3) is 0.588. The molecule has 0 bridgehead atoms. The first-order chi connectivity index (χ1) is 11.0. The lowest BCUT2D eigenvalue weighted by Gasteiger charge is -2.28. The van der Waals surface area contributed by atoms with Gasteiger partial charge in [-0.25, -0.2) is 8.42 Å². The second kappa shape index (κ2) is 10.6. The van der Waals surface area contributed by atoms with Crippen molar-refractivity contribution >= 4 is 51.4 Å². The third-order valence-electron chi connectivity index (χ3n) is 3.76. The molecule has 1 aromatic carbocycles. The molecule has 0 fully saturated rings. The Morgan fingerprint density at radius 1 is 1.36 bits per heavy atom. The second-order valence-electron chi connectivity index (χ2n) is 6.93. The Labute approximate surface area is 174 Å². The standard InChI is InChI=1S/C17H28ClN3O2S.HI/c1-17(2,9-10-24(5,22)23)13-20-16(19-3)21(4)12-14-7-6-8-15(18)11-14;/h6-8,11H,9-10,12-13H2,1-5H3,(H,19,20);1H. The molecule has 1 aromatic rings. The minimum absolute atomic E-state index is 0. The van der Waals surface area contributed by atoms with Crippen LogP contribution in [0.5, 0.6) is 0 Å². The highest BCUT2D eigenvalue weighted by atomic mass is 127.